The van der Waals surface area contributed by atoms with Gasteiger partial charge in [0.05, 0.1) is 0 Å². The molecule has 1 saturated heterocycles. The first kappa shape index (κ1) is 23.4. The molecule has 1 aliphatic heterocycles. The van der Waals surface area contributed by atoms with Gasteiger partial charge in [-0.25, -0.2) is 9.59 Å². The minimum atomic E-state index is -1.12. The number of benzene rings is 2. The van der Waals surface area contributed by atoms with Crippen molar-refractivity contribution >= 4 is 18.0 Å². The third-order valence-electron chi connectivity index (χ3n) is 7.61. The van der Waals surface area contributed by atoms with E-state index in [-0.39, 0.29) is 30.9 Å². The van der Waals surface area contributed by atoms with Gasteiger partial charge in [-0.15, -0.1) is 0 Å². The molecule has 2 amide bonds. The van der Waals surface area contributed by atoms with Crippen molar-refractivity contribution in [2.24, 2.45) is 5.92 Å². The smallest absolute Gasteiger partial charge is 0.407 e. The Morgan fingerprint density at radius 3 is 2.34 bits per heavy atom. The number of fused-ring (bicyclic) bond motifs is 4. The van der Waals surface area contributed by atoms with Crippen molar-refractivity contribution in [3.8, 4) is 11.1 Å². The maximum atomic E-state index is 13.5. The van der Waals surface area contributed by atoms with E-state index in [2.05, 4.69) is 17.4 Å². The molecule has 2 aromatic carbocycles. The van der Waals surface area contributed by atoms with Crippen LogP contribution in [-0.2, 0) is 14.3 Å². The second-order valence-corrected chi connectivity index (χ2v) is 10.0. The number of hydrogen-bond acceptors (Lipinski definition) is 5. The Balaban J connectivity index is 1.29. The number of nitrogens with one attached hydrogen (secondary N) is 1. The molecular weight excluding hydrogens is 446 g/mol. The highest BCUT2D eigenvalue weighted by Gasteiger charge is 2.67. The number of carbonyl (C=O) groups is 3. The van der Waals surface area contributed by atoms with Crippen molar-refractivity contribution in [2.75, 3.05) is 33.8 Å². The molecule has 35 heavy (non-hydrogen) atoms. The number of amides is 2. The summed E-state index contributed by atoms with van der Waals surface area (Å²) < 4.78 is 5.64. The molecule has 184 valence electrons. The van der Waals surface area contributed by atoms with Gasteiger partial charge >= 0.3 is 12.1 Å². The molecule has 2 aliphatic carbocycles. The lowest BCUT2D eigenvalue weighted by Gasteiger charge is -2.36. The van der Waals surface area contributed by atoms with Gasteiger partial charge in [0.25, 0.3) is 0 Å². The Morgan fingerprint density at radius 1 is 1.11 bits per heavy atom. The average molecular weight is 478 g/mol. The number of nitrogens with zero attached hydrogens (tertiary/aromatic N) is 2. The summed E-state index contributed by atoms with van der Waals surface area (Å²) in [6, 6.07) is 15.3. The summed E-state index contributed by atoms with van der Waals surface area (Å²) in [5.41, 5.74) is 3.38. The fraction of sp³-hybridized carbons (Fsp3) is 0.444. The molecule has 2 fully saturated rings. The van der Waals surface area contributed by atoms with E-state index in [1.54, 1.807) is 4.90 Å². The molecule has 2 aromatic rings. The van der Waals surface area contributed by atoms with Gasteiger partial charge in [-0.05, 0) is 61.5 Å². The number of alkyl carbamates (subject to hydrolysis) is 1. The number of carboxylic acid groups (broad SMARTS) is 1. The molecule has 8 heteroatoms. The second kappa shape index (κ2) is 9.00. The molecule has 0 bridgehead atoms. The first-order valence-corrected chi connectivity index (χ1v) is 12.1. The van der Waals surface area contributed by atoms with E-state index in [4.69, 9.17) is 4.74 Å². The van der Waals surface area contributed by atoms with Crippen molar-refractivity contribution in [1.29, 1.82) is 0 Å². The Hall–Kier alpha value is -3.39. The van der Waals surface area contributed by atoms with Gasteiger partial charge in [-0.3, -0.25) is 4.79 Å². The molecule has 0 spiro atoms. The Bertz CT molecular complexity index is 1120. The number of likely N-dealkylation sites (N-methyl/N-ethyl adjacent to an activating group) is 1. The number of carboxylic acids is 1. The van der Waals surface area contributed by atoms with Gasteiger partial charge in [-0.2, -0.15) is 0 Å². The van der Waals surface area contributed by atoms with Crippen LogP contribution in [0.3, 0.4) is 0 Å². The molecular formula is C27H31N3O5. The number of ether oxygens (including phenoxy) is 1. The topological polar surface area (TPSA) is 99.2 Å². The number of rotatable bonds is 7. The van der Waals surface area contributed by atoms with Crippen LogP contribution in [0.5, 0.6) is 0 Å². The SMILES string of the molecule is CN(C)CC(NC(=O)OCC1c2ccccc2-c2ccccc21)C(=O)N1CCC[C@@H]2C[C@@]21C(=O)O. The molecule has 0 aromatic heterocycles. The van der Waals surface area contributed by atoms with Crippen molar-refractivity contribution in [1.82, 2.24) is 15.1 Å². The van der Waals surface area contributed by atoms with Crippen molar-refractivity contribution in [3.05, 3.63) is 59.7 Å². The van der Waals surface area contributed by atoms with Crippen molar-refractivity contribution < 1.29 is 24.2 Å². The highest BCUT2D eigenvalue weighted by molar-refractivity contribution is 5.94. The van der Waals surface area contributed by atoms with Crippen molar-refractivity contribution in [2.45, 2.75) is 36.8 Å². The monoisotopic (exact) mass is 477 g/mol. The summed E-state index contributed by atoms with van der Waals surface area (Å²) in [4.78, 5) is 41.6. The number of piperidine rings is 1. The lowest BCUT2D eigenvalue weighted by Crippen LogP contribution is -2.59. The van der Waals surface area contributed by atoms with Crippen LogP contribution in [0.15, 0.2) is 48.5 Å². The van der Waals surface area contributed by atoms with E-state index in [0.717, 1.165) is 35.1 Å². The molecule has 1 unspecified atom stereocenters. The standard InChI is InChI=1S/C27H31N3O5/c1-29(2)15-23(24(31)30-13-7-8-17-14-27(17,30)25(32)33)28-26(34)35-16-22-20-11-5-3-9-18(20)19-10-4-6-12-21(19)22/h3-6,9-12,17,22-23H,7-8,13-16H2,1-2H3,(H,28,34)(H,32,33)/t17-,23?,27+/m1/s1. The van der Waals surface area contributed by atoms with E-state index in [0.29, 0.717) is 13.0 Å². The van der Waals surface area contributed by atoms with Gasteiger partial charge in [-0.1, -0.05) is 48.5 Å². The Labute approximate surface area is 204 Å². The zero-order valence-corrected chi connectivity index (χ0v) is 20.1. The van der Waals surface area contributed by atoms with Crippen molar-refractivity contribution in [3.63, 3.8) is 0 Å². The second-order valence-electron chi connectivity index (χ2n) is 10.0. The fourth-order valence-electron chi connectivity index (χ4n) is 5.89. The number of carbonyl (C=O) groups excluding carboxylic acids is 2. The Kier molecular flexibility index (Phi) is 6.01. The van der Waals surface area contributed by atoms with Crippen LogP contribution < -0.4 is 5.32 Å². The quantitative estimate of drug-likeness (QED) is 0.636. The molecule has 3 atom stereocenters. The van der Waals surface area contributed by atoms with Gasteiger partial charge in [0, 0.05) is 19.0 Å². The minimum absolute atomic E-state index is 0.00726. The minimum Gasteiger partial charge on any atom is -0.479 e. The summed E-state index contributed by atoms with van der Waals surface area (Å²) in [6.45, 7) is 0.783. The number of aliphatic carboxylic acids is 1. The van der Waals surface area contributed by atoms with Crippen LogP contribution in [0.2, 0.25) is 0 Å². The molecule has 1 saturated carbocycles. The third-order valence-corrected chi connectivity index (χ3v) is 7.61. The third kappa shape index (κ3) is 4.05. The molecule has 3 aliphatic rings. The van der Waals surface area contributed by atoms with Gasteiger partial charge < -0.3 is 25.0 Å². The van der Waals surface area contributed by atoms with Crippen LogP contribution >= 0.6 is 0 Å². The van der Waals surface area contributed by atoms with E-state index in [1.807, 2.05) is 50.5 Å². The highest BCUT2D eigenvalue weighted by Crippen LogP contribution is 2.54. The average Bonchev–Trinajstić information content (AvgIpc) is 3.53. The summed E-state index contributed by atoms with van der Waals surface area (Å²) in [6.07, 6.45) is 1.38. The predicted molar refractivity (Wildman–Crippen MR) is 130 cm³/mol. The molecule has 0 radical (unpaired) electrons. The first-order chi connectivity index (χ1) is 16.8. The summed E-state index contributed by atoms with van der Waals surface area (Å²) >= 11 is 0. The van der Waals surface area contributed by atoms with E-state index >= 15 is 0 Å². The zero-order valence-electron chi connectivity index (χ0n) is 20.1. The van der Waals surface area contributed by atoms with E-state index < -0.39 is 23.6 Å². The van der Waals surface area contributed by atoms with Gasteiger partial charge in [0.2, 0.25) is 5.91 Å². The molecule has 5 rings (SSSR count). The fourth-order valence-corrected chi connectivity index (χ4v) is 5.89. The lowest BCUT2D eigenvalue weighted by atomic mass is 9.98. The highest BCUT2D eigenvalue weighted by atomic mass is 16.5. The largest absolute Gasteiger partial charge is 0.479 e. The normalized spacial score (nSPS) is 23.2. The summed E-state index contributed by atoms with van der Waals surface area (Å²) in [5.74, 6) is -1.41. The van der Waals surface area contributed by atoms with Crippen LogP contribution in [0.25, 0.3) is 11.1 Å². The van der Waals surface area contributed by atoms with E-state index in [1.165, 1.54) is 4.90 Å². The first-order valence-electron chi connectivity index (χ1n) is 12.1. The van der Waals surface area contributed by atoms with Gasteiger partial charge in [0.1, 0.15) is 18.2 Å². The van der Waals surface area contributed by atoms with Crippen LogP contribution in [0.1, 0.15) is 36.3 Å². The maximum absolute atomic E-state index is 13.5. The van der Waals surface area contributed by atoms with Crippen LogP contribution in [0, 0.1) is 5.92 Å². The maximum Gasteiger partial charge on any atom is 0.407 e. The Morgan fingerprint density at radius 2 is 1.74 bits per heavy atom. The number of likely N-dealkylation sites (tertiary alicyclic amines) is 1. The van der Waals surface area contributed by atoms with Gasteiger partial charge in [0.15, 0.2) is 0 Å². The molecule has 1 heterocycles. The lowest BCUT2D eigenvalue weighted by molar-refractivity contribution is -0.155. The van der Waals surface area contributed by atoms with Crippen LogP contribution in [-0.4, -0.2) is 78.2 Å². The number of hydrogen-bond donors (Lipinski definition) is 2. The molecule has 2 N–H and O–H groups in total. The van der Waals surface area contributed by atoms with E-state index in [9.17, 15) is 19.5 Å². The zero-order chi connectivity index (χ0) is 24.7. The summed E-state index contributed by atoms with van der Waals surface area (Å²) in [5, 5.41) is 12.6. The summed E-state index contributed by atoms with van der Waals surface area (Å²) in [7, 11) is 3.62. The predicted octanol–water partition coefficient (Wildman–Crippen LogP) is 2.92. The molecule has 8 nitrogen and oxygen atoms in total. The van der Waals surface area contributed by atoms with Crippen LogP contribution in [0.4, 0.5) is 4.79 Å².